The van der Waals surface area contributed by atoms with Gasteiger partial charge >= 0.3 is 0 Å². The van der Waals surface area contributed by atoms with Gasteiger partial charge in [0.1, 0.15) is 4.21 Å². The molecule has 2 heterocycles. The van der Waals surface area contributed by atoms with Crippen molar-refractivity contribution in [2.45, 2.75) is 23.1 Å². The van der Waals surface area contributed by atoms with Gasteiger partial charge < -0.3 is 10.2 Å². The van der Waals surface area contributed by atoms with E-state index < -0.39 is 10.0 Å². The number of halogens is 1. The topological polar surface area (TPSA) is 78.5 Å². The number of rotatable bonds is 5. The molecule has 1 aromatic heterocycles. The minimum atomic E-state index is -3.62. The van der Waals surface area contributed by atoms with Crippen LogP contribution in [0.25, 0.3) is 0 Å². The van der Waals surface area contributed by atoms with Gasteiger partial charge in [-0.3, -0.25) is 9.52 Å². The third-order valence-electron chi connectivity index (χ3n) is 4.24. The predicted octanol–water partition coefficient (Wildman–Crippen LogP) is 2.79. The van der Waals surface area contributed by atoms with Crippen LogP contribution >= 0.6 is 23.7 Å². The van der Waals surface area contributed by atoms with Gasteiger partial charge in [-0.05, 0) is 49.5 Å². The second-order valence-electron chi connectivity index (χ2n) is 6.00. The van der Waals surface area contributed by atoms with Crippen molar-refractivity contribution >= 4 is 45.4 Å². The number of hydrogen-bond donors (Lipinski definition) is 2. The molecule has 142 valence electrons. The molecule has 2 N–H and O–H groups in total. The molecule has 26 heavy (non-hydrogen) atoms. The van der Waals surface area contributed by atoms with Gasteiger partial charge in [0.2, 0.25) is 0 Å². The Morgan fingerprint density at radius 3 is 2.77 bits per heavy atom. The Labute approximate surface area is 164 Å². The van der Waals surface area contributed by atoms with Crippen LogP contribution in [0.15, 0.2) is 46.0 Å². The first-order valence-corrected chi connectivity index (χ1v) is 10.5. The largest absolute Gasteiger partial charge is 0.337 e. The maximum atomic E-state index is 12.7. The highest BCUT2D eigenvalue weighted by Crippen LogP contribution is 2.22. The Kier molecular flexibility index (Phi) is 7.05. The van der Waals surface area contributed by atoms with Gasteiger partial charge in [0, 0.05) is 30.4 Å². The zero-order valence-corrected chi connectivity index (χ0v) is 16.8. The van der Waals surface area contributed by atoms with Crippen molar-refractivity contribution in [1.29, 1.82) is 0 Å². The Hall–Kier alpha value is -1.61. The SMILES string of the molecule is CNC1CCCN(C(=O)c2cccc(NS(=O)(=O)c3cccs3)c2)C1.Cl. The van der Waals surface area contributed by atoms with E-state index in [2.05, 4.69) is 10.0 Å². The molecule has 1 aliphatic heterocycles. The van der Waals surface area contributed by atoms with Gasteiger partial charge in [0.15, 0.2) is 0 Å². The zero-order valence-electron chi connectivity index (χ0n) is 14.3. The predicted molar refractivity (Wildman–Crippen MR) is 107 cm³/mol. The molecule has 0 bridgehead atoms. The fourth-order valence-electron chi connectivity index (χ4n) is 2.92. The average Bonchev–Trinajstić information content (AvgIpc) is 3.17. The van der Waals surface area contributed by atoms with Gasteiger partial charge in [0.05, 0.1) is 0 Å². The quantitative estimate of drug-likeness (QED) is 0.787. The first kappa shape index (κ1) is 20.7. The third-order valence-corrected chi connectivity index (χ3v) is 7.02. The van der Waals surface area contributed by atoms with E-state index in [1.165, 1.54) is 0 Å². The van der Waals surface area contributed by atoms with Crippen molar-refractivity contribution < 1.29 is 13.2 Å². The van der Waals surface area contributed by atoms with Crippen LogP contribution in [-0.2, 0) is 10.0 Å². The average molecular weight is 416 g/mol. The molecule has 9 heteroatoms. The summed E-state index contributed by atoms with van der Waals surface area (Å²) in [6.07, 6.45) is 2.02. The highest BCUT2D eigenvalue weighted by Gasteiger charge is 2.24. The molecule has 0 spiro atoms. The van der Waals surface area contributed by atoms with Crippen molar-refractivity contribution in [2.75, 3.05) is 24.9 Å². The maximum Gasteiger partial charge on any atom is 0.271 e. The lowest BCUT2D eigenvalue weighted by atomic mass is 10.0. The molecule has 1 aliphatic rings. The Bertz CT molecular complexity index is 841. The lowest BCUT2D eigenvalue weighted by molar-refractivity contribution is 0.0698. The molecule has 1 amide bonds. The Balaban J connectivity index is 0.00000243. The van der Waals surface area contributed by atoms with Crippen LogP contribution in [0.4, 0.5) is 5.69 Å². The standard InChI is InChI=1S/C17H21N3O3S2.ClH/c1-18-15-7-3-9-20(12-15)17(21)13-5-2-6-14(11-13)19-25(22,23)16-8-4-10-24-16;/h2,4-6,8,10-11,15,18-19H,3,7,9,12H2,1H3;1H. The van der Waals surface area contributed by atoms with E-state index in [0.29, 0.717) is 23.8 Å². The Morgan fingerprint density at radius 1 is 1.27 bits per heavy atom. The van der Waals surface area contributed by atoms with E-state index in [4.69, 9.17) is 0 Å². The van der Waals surface area contributed by atoms with Crippen LogP contribution in [0.5, 0.6) is 0 Å². The molecule has 1 atom stereocenters. The van der Waals surface area contributed by atoms with Gasteiger partial charge in [-0.1, -0.05) is 12.1 Å². The second-order valence-corrected chi connectivity index (χ2v) is 8.85. The van der Waals surface area contributed by atoms with E-state index >= 15 is 0 Å². The number of carbonyl (C=O) groups is 1. The number of sulfonamides is 1. The summed E-state index contributed by atoms with van der Waals surface area (Å²) in [5.41, 5.74) is 0.879. The van der Waals surface area contributed by atoms with E-state index in [0.717, 1.165) is 30.7 Å². The highest BCUT2D eigenvalue weighted by atomic mass is 35.5. The lowest BCUT2D eigenvalue weighted by Gasteiger charge is -2.32. The van der Waals surface area contributed by atoms with Crippen LogP contribution < -0.4 is 10.0 Å². The molecule has 1 unspecified atom stereocenters. The summed E-state index contributed by atoms with van der Waals surface area (Å²) in [6.45, 7) is 1.39. The fraction of sp³-hybridized carbons (Fsp3) is 0.353. The highest BCUT2D eigenvalue weighted by molar-refractivity contribution is 7.94. The number of benzene rings is 1. The number of likely N-dealkylation sites (N-methyl/N-ethyl adjacent to an activating group) is 1. The van der Waals surface area contributed by atoms with E-state index in [1.807, 2.05) is 11.9 Å². The number of thiophene rings is 1. The van der Waals surface area contributed by atoms with Crippen LogP contribution in [0.1, 0.15) is 23.2 Å². The number of anilines is 1. The summed E-state index contributed by atoms with van der Waals surface area (Å²) in [4.78, 5) is 14.5. The molecule has 1 saturated heterocycles. The normalized spacial score (nSPS) is 17.4. The van der Waals surface area contributed by atoms with E-state index in [1.54, 1.807) is 41.8 Å². The van der Waals surface area contributed by atoms with Crippen LogP contribution in [0, 0.1) is 0 Å². The number of nitrogens with zero attached hydrogens (tertiary/aromatic N) is 1. The van der Waals surface area contributed by atoms with Gasteiger partial charge in [-0.25, -0.2) is 8.42 Å². The van der Waals surface area contributed by atoms with Crippen molar-refractivity contribution in [3.8, 4) is 0 Å². The number of carbonyl (C=O) groups excluding carboxylic acids is 1. The molecule has 0 saturated carbocycles. The number of likely N-dealkylation sites (tertiary alicyclic amines) is 1. The summed E-state index contributed by atoms with van der Waals surface area (Å²) < 4.78 is 27.4. The molecule has 3 rings (SSSR count). The molecule has 1 fully saturated rings. The molecular formula is C17H22ClN3O3S2. The third kappa shape index (κ3) is 4.76. The molecule has 0 radical (unpaired) electrons. The number of piperidine rings is 1. The summed E-state index contributed by atoms with van der Waals surface area (Å²) >= 11 is 1.15. The Morgan fingerprint density at radius 2 is 2.08 bits per heavy atom. The van der Waals surface area contributed by atoms with Crippen molar-refractivity contribution in [3.05, 3.63) is 47.3 Å². The van der Waals surface area contributed by atoms with Gasteiger partial charge in [0.25, 0.3) is 15.9 Å². The van der Waals surface area contributed by atoms with Gasteiger partial charge in [-0.15, -0.1) is 23.7 Å². The van der Waals surface area contributed by atoms with Crippen LogP contribution in [0.3, 0.4) is 0 Å². The molecule has 0 aliphatic carbocycles. The maximum absolute atomic E-state index is 12.7. The molecular weight excluding hydrogens is 394 g/mol. The lowest BCUT2D eigenvalue weighted by Crippen LogP contribution is -2.46. The minimum Gasteiger partial charge on any atom is -0.337 e. The minimum absolute atomic E-state index is 0. The smallest absolute Gasteiger partial charge is 0.271 e. The molecule has 2 aromatic rings. The first-order chi connectivity index (χ1) is 12.0. The van der Waals surface area contributed by atoms with Crippen LogP contribution in [-0.4, -0.2) is 45.4 Å². The zero-order chi connectivity index (χ0) is 17.9. The number of amides is 1. The monoisotopic (exact) mass is 415 g/mol. The van der Waals surface area contributed by atoms with E-state index in [9.17, 15) is 13.2 Å². The van der Waals surface area contributed by atoms with Crippen molar-refractivity contribution in [3.63, 3.8) is 0 Å². The van der Waals surface area contributed by atoms with Crippen molar-refractivity contribution in [1.82, 2.24) is 10.2 Å². The van der Waals surface area contributed by atoms with Crippen LogP contribution in [0.2, 0.25) is 0 Å². The summed E-state index contributed by atoms with van der Waals surface area (Å²) in [5.74, 6) is -0.0721. The van der Waals surface area contributed by atoms with Gasteiger partial charge in [-0.2, -0.15) is 0 Å². The number of nitrogens with one attached hydrogen (secondary N) is 2. The second kappa shape index (κ2) is 8.85. The first-order valence-electron chi connectivity index (χ1n) is 8.12. The van der Waals surface area contributed by atoms with E-state index in [-0.39, 0.29) is 22.5 Å². The summed E-state index contributed by atoms with van der Waals surface area (Å²) in [6, 6.07) is 10.2. The molecule has 1 aromatic carbocycles. The van der Waals surface area contributed by atoms with Crippen molar-refractivity contribution in [2.24, 2.45) is 0 Å². The fourth-order valence-corrected chi connectivity index (χ4v) is 4.96. The summed E-state index contributed by atoms with van der Waals surface area (Å²) in [7, 11) is -1.72. The summed E-state index contributed by atoms with van der Waals surface area (Å²) in [5, 5.41) is 4.93. The number of hydrogen-bond acceptors (Lipinski definition) is 5. The molecule has 6 nitrogen and oxygen atoms in total.